The Morgan fingerprint density at radius 2 is 1.85 bits per heavy atom. The van der Waals surface area contributed by atoms with E-state index in [2.05, 4.69) is 6.92 Å². The van der Waals surface area contributed by atoms with Gasteiger partial charge in [-0.25, -0.2) is 0 Å². The van der Waals surface area contributed by atoms with Crippen LogP contribution in [0, 0.1) is 11.3 Å². The van der Waals surface area contributed by atoms with E-state index >= 15 is 0 Å². The molecule has 0 aromatic rings. The highest BCUT2D eigenvalue weighted by atomic mass is 32.1. The van der Waals surface area contributed by atoms with Crippen molar-refractivity contribution in [3.63, 3.8) is 0 Å². The van der Waals surface area contributed by atoms with Crippen LogP contribution < -0.4 is 5.73 Å². The first-order chi connectivity index (χ1) is 9.60. The minimum absolute atomic E-state index is 0.222. The molecule has 1 saturated carbocycles. The first-order valence-electron chi connectivity index (χ1n) is 8.19. The van der Waals surface area contributed by atoms with Gasteiger partial charge in [-0.2, -0.15) is 0 Å². The van der Waals surface area contributed by atoms with E-state index in [0.717, 1.165) is 57.5 Å². The quantitative estimate of drug-likeness (QED) is 0.810. The van der Waals surface area contributed by atoms with Crippen LogP contribution in [0.25, 0.3) is 0 Å². The number of carbonyl (C=O) groups excluding carboxylic acids is 1. The fourth-order valence-corrected chi connectivity index (χ4v) is 4.15. The molecule has 0 spiro atoms. The van der Waals surface area contributed by atoms with Crippen LogP contribution in [0.15, 0.2) is 0 Å². The van der Waals surface area contributed by atoms with Gasteiger partial charge in [-0.05, 0) is 31.6 Å². The van der Waals surface area contributed by atoms with Gasteiger partial charge in [0.1, 0.15) is 0 Å². The summed E-state index contributed by atoms with van der Waals surface area (Å²) in [7, 11) is 0. The van der Waals surface area contributed by atoms with Gasteiger partial charge in [-0.1, -0.05) is 51.2 Å². The summed E-state index contributed by atoms with van der Waals surface area (Å²) in [6, 6.07) is 0. The van der Waals surface area contributed by atoms with Crippen LogP contribution in [0.4, 0.5) is 0 Å². The molecule has 2 aliphatic rings. The number of carbonyl (C=O) groups is 1. The second kappa shape index (κ2) is 6.88. The lowest BCUT2D eigenvalue weighted by Crippen LogP contribution is -2.53. The standard InChI is InChI=1S/C16H28N2OS/c1-2-6-13-7-11-18(12-8-13)15(19)16(14(17)20)9-4-3-5-10-16/h13H,2-12H2,1H3,(H2,17,20). The Morgan fingerprint density at radius 3 is 2.35 bits per heavy atom. The highest BCUT2D eigenvalue weighted by Gasteiger charge is 2.45. The number of rotatable bonds is 4. The largest absolute Gasteiger partial charge is 0.392 e. The maximum atomic E-state index is 12.9. The van der Waals surface area contributed by atoms with Crippen molar-refractivity contribution in [2.45, 2.75) is 64.7 Å². The van der Waals surface area contributed by atoms with Crippen LogP contribution in [0.2, 0.25) is 0 Å². The van der Waals surface area contributed by atoms with E-state index in [0.29, 0.717) is 4.99 Å². The number of thiocarbonyl (C=S) groups is 1. The van der Waals surface area contributed by atoms with Crippen molar-refractivity contribution in [2.75, 3.05) is 13.1 Å². The normalized spacial score (nSPS) is 23.6. The Bertz CT molecular complexity index is 355. The van der Waals surface area contributed by atoms with Gasteiger partial charge in [-0.15, -0.1) is 0 Å². The molecule has 1 aliphatic heterocycles. The minimum Gasteiger partial charge on any atom is -0.392 e. The van der Waals surface area contributed by atoms with Gasteiger partial charge in [0, 0.05) is 13.1 Å². The summed E-state index contributed by atoms with van der Waals surface area (Å²) in [5.41, 5.74) is 5.45. The average Bonchev–Trinajstić information content (AvgIpc) is 2.48. The number of nitrogens with zero attached hydrogens (tertiary/aromatic N) is 1. The molecule has 0 atom stereocenters. The highest BCUT2D eigenvalue weighted by Crippen LogP contribution is 2.39. The number of amides is 1. The zero-order valence-electron chi connectivity index (χ0n) is 12.7. The van der Waals surface area contributed by atoms with Crippen LogP contribution in [0.3, 0.4) is 0 Å². The molecule has 0 radical (unpaired) electrons. The number of nitrogens with two attached hydrogens (primary N) is 1. The van der Waals surface area contributed by atoms with Gasteiger partial charge in [0.25, 0.3) is 0 Å². The van der Waals surface area contributed by atoms with Crippen molar-refractivity contribution in [3.8, 4) is 0 Å². The first-order valence-corrected chi connectivity index (χ1v) is 8.60. The molecular weight excluding hydrogens is 268 g/mol. The second-order valence-corrected chi connectivity index (χ2v) is 6.97. The van der Waals surface area contributed by atoms with E-state index in [1.54, 1.807) is 0 Å². The summed E-state index contributed by atoms with van der Waals surface area (Å²) in [6.45, 7) is 4.03. The summed E-state index contributed by atoms with van der Waals surface area (Å²) in [5, 5.41) is 0. The van der Waals surface area contributed by atoms with Gasteiger partial charge in [-0.3, -0.25) is 4.79 Å². The SMILES string of the molecule is CCCC1CCN(C(=O)C2(C(N)=S)CCCCC2)CC1. The second-order valence-electron chi connectivity index (χ2n) is 6.53. The molecule has 1 amide bonds. The van der Waals surface area contributed by atoms with E-state index in [4.69, 9.17) is 18.0 Å². The smallest absolute Gasteiger partial charge is 0.235 e. The lowest BCUT2D eigenvalue weighted by molar-refractivity contribution is -0.141. The molecule has 0 bridgehead atoms. The van der Waals surface area contributed by atoms with E-state index in [1.165, 1.54) is 19.3 Å². The molecule has 1 saturated heterocycles. The van der Waals surface area contributed by atoms with E-state index in [1.807, 2.05) is 4.90 Å². The predicted molar refractivity (Wildman–Crippen MR) is 86.5 cm³/mol. The molecule has 1 aliphatic carbocycles. The van der Waals surface area contributed by atoms with E-state index in [-0.39, 0.29) is 5.91 Å². The molecule has 0 unspecified atom stereocenters. The lowest BCUT2D eigenvalue weighted by atomic mass is 9.72. The van der Waals surface area contributed by atoms with E-state index in [9.17, 15) is 4.79 Å². The maximum Gasteiger partial charge on any atom is 0.235 e. The topological polar surface area (TPSA) is 46.3 Å². The monoisotopic (exact) mass is 296 g/mol. The Labute approximate surface area is 128 Å². The predicted octanol–water partition coefficient (Wildman–Crippen LogP) is 3.26. The Kier molecular flexibility index (Phi) is 5.42. The molecule has 2 rings (SSSR count). The van der Waals surface area contributed by atoms with Crippen LogP contribution in [-0.4, -0.2) is 28.9 Å². The number of likely N-dealkylation sites (tertiary alicyclic amines) is 1. The Hall–Kier alpha value is -0.640. The average molecular weight is 296 g/mol. The first kappa shape index (κ1) is 15.7. The van der Waals surface area contributed by atoms with Gasteiger partial charge < -0.3 is 10.6 Å². The van der Waals surface area contributed by atoms with Crippen molar-refractivity contribution < 1.29 is 4.79 Å². The fourth-order valence-electron chi connectivity index (χ4n) is 3.86. The van der Waals surface area contributed by atoms with Gasteiger partial charge in [0.2, 0.25) is 5.91 Å². The molecule has 2 N–H and O–H groups in total. The molecule has 3 nitrogen and oxygen atoms in total. The molecule has 4 heteroatoms. The van der Waals surface area contributed by atoms with Gasteiger partial charge >= 0.3 is 0 Å². The van der Waals surface area contributed by atoms with Crippen LogP contribution in [-0.2, 0) is 4.79 Å². The summed E-state index contributed by atoms with van der Waals surface area (Å²) in [4.78, 5) is 15.4. The minimum atomic E-state index is -0.523. The fraction of sp³-hybridized carbons (Fsp3) is 0.875. The van der Waals surface area contributed by atoms with Crippen LogP contribution >= 0.6 is 12.2 Å². The zero-order chi connectivity index (χ0) is 14.6. The Balaban J connectivity index is 2.00. The van der Waals surface area contributed by atoms with Crippen LogP contribution in [0.1, 0.15) is 64.7 Å². The van der Waals surface area contributed by atoms with Crippen molar-refractivity contribution in [2.24, 2.45) is 17.1 Å². The third kappa shape index (κ3) is 3.16. The number of hydrogen-bond acceptors (Lipinski definition) is 2. The summed E-state index contributed by atoms with van der Waals surface area (Å²) >= 11 is 5.27. The highest BCUT2D eigenvalue weighted by molar-refractivity contribution is 7.80. The van der Waals surface area contributed by atoms with E-state index < -0.39 is 5.41 Å². The van der Waals surface area contributed by atoms with Gasteiger partial charge in [0.15, 0.2) is 0 Å². The molecule has 0 aromatic carbocycles. The van der Waals surface area contributed by atoms with Crippen molar-refractivity contribution in [3.05, 3.63) is 0 Å². The van der Waals surface area contributed by atoms with Crippen molar-refractivity contribution in [1.29, 1.82) is 0 Å². The molecule has 1 heterocycles. The molecular formula is C16H28N2OS. The summed E-state index contributed by atoms with van der Waals surface area (Å²) in [5.74, 6) is 1.02. The zero-order valence-corrected chi connectivity index (χ0v) is 13.5. The summed E-state index contributed by atoms with van der Waals surface area (Å²) < 4.78 is 0. The number of hydrogen-bond donors (Lipinski definition) is 1. The maximum absolute atomic E-state index is 12.9. The molecule has 2 fully saturated rings. The van der Waals surface area contributed by atoms with Crippen molar-refractivity contribution >= 4 is 23.1 Å². The molecule has 0 aromatic heterocycles. The third-order valence-corrected chi connectivity index (χ3v) is 5.58. The number of piperidine rings is 1. The van der Waals surface area contributed by atoms with Gasteiger partial charge in [0.05, 0.1) is 10.4 Å². The third-order valence-electron chi connectivity index (χ3n) is 5.19. The molecule has 20 heavy (non-hydrogen) atoms. The lowest BCUT2D eigenvalue weighted by Gasteiger charge is -2.41. The Morgan fingerprint density at radius 1 is 1.25 bits per heavy atom. The molecule has 114 valence electrons. The van der Waals surface area contributed by atoms with Crippen molar-refractivity contribution in [1.82, 2.24) is 4.90 Å². The summed E-state index contributed by atoms with van der Waals surface area (Å²) in [6.07, 6.45) is 9.91. The van der Waals surface area contributed by atoms with Crippen LogP contribution in [0.5, 0.6) is 0 Å².